The topological polar surface area (TPSA) is 75.3 Å². The zero-order valence-corrected chi connectivity index (χ0v) is 14.8. The maximum absolute atomic E-state index is 12.5. The highest BCUT2D eigenvalue weighted by Gasteiger charge is 2.22. The molecule has 0 bridgehead atoms. The number of anilines is 1. The summed E-state index contributed by atoms with van der Waals surface area (Å²) in [4.78, 5) is 13.7. The largest absolute Gasteiger partial charge is 0.345 e. The van der Waals surface area contributed by atoms with Gasteiger partial charge < -0.3 is 5.32 Å². The molecule has 0 radical (unpaired) electrons. The minimum Gasteiger partial charge on any atom is -0.345 e. The predicted molar refractivity (Wildman–Crippen MR) is 96.9 cm³/mol. The van der Waals surface area contributed by atoms with Crippen LogP contribution in [0.3, 0.4) is 0 Å². The number of nitrogens with one attached hydrogen (secondary N) is 2. The van der Waals surface area contributed by atoms with Crippen molar-refractivity contribution >= 4 is 33.4 Å². The maximum atomic E-state index is 12.5. The zero-order chi connectivity index (χ0) is 17.2. The number of rotatable bonds is 4. The van der Waals surface area contributed by atoms with Crippen LogP contribution in [0, 0.1) is 0 Å². The van der Waals surface area contributed by atoms with Gasteiger partial charge in [0.2, 0.25) is 10.0 Å². The van der Waals surface area contributed by atoms with E-state index in [1.807, 2.05) is 18.2 Å². The van der Waals surface area contributed by atoms with Gasteiger partial charge in [-0.25, -0.2) is 8.42 Å². The smallest absolute Gasteiger partial charge is 0.251 e. The third-order valence-electron chi connectivity index (χ3n) is 3.69. The van der Waals surface area contributed by atoms with Crippen molar-refractivity contribution in [2.45, 2.75) is 17.4 Å². The first-order valence-corrected chi connectivity index (χ1v) is 10.4. The van der Waals surface area contributed by atoms with Gasteiger partial charge in [-0.2, -0.15) is 0 Å². The molecule has 24 heavy (non-hydrogen) atoms. The molecule has 126 valence electrons. The highest BCUT2D eigenvalue weighted by molar-refractivity contribution is 7.99. The number of carbonyl (C=O) groups excluding carboxylic acids is 1. The Labute approximate surface area is 145 Å². The van der Waals surface area contributed by atoms with E-state index in [2.05, 4.69) is 16.1 Å². The van der Waals surface area contributed by atoms with Crippen LogP contribution in [0.5, 0.6) is 0 Å². The first-order chi connectivity index (χ1) is 11.4. The van der Waals surface area contributed by atoms with Crippen LogP contribution in [0.4, 0.5) is 5.69 Å². The molecule has 0 saturated heterocycles. The van der Waals surface area contributed by atoms with Gasteiger partial charge in [-0.05, 0) is 36.2 Å². The summed E-state index contributed by atoms with van der Waals surface area (Å²) in [5.74, 6) is 0.747. The molecule has 0 fully saturated rings. The molecular formula is C17H18N2O3S2. The van der Waals surface area contributed by atoms with Gasteiger partial charge in [0.15, 0.2) is 0 Å². The number of benzene rings is 2. The number of sulfonamides is 1. The minimum atomic E-state index is -3.37. The van der Waals surface area contributed by atoms with Crippen LogP contribution in [0.2, 0.25) is 0 Å². The van der Waals surface area contributed by atoms with Crippen molar-refractivity contribution < 1.29 is 13.2 Å². The van der Waals surface area contributed by atoms with E-state index in [9.17, 15) is 13.2 Å². The third-order valence-corrected chi connectivity index (χ3v) is 5.42. The highest BCUT2D eigenvalue weighted by Crippen LogP contribution is 2.35. The van der Waals surface area contributed by atoms with E-state index in [1.165, 1.54) is 4.90 Å². The Hall–Kier alpha value is -1.99. The Kier molecular flexibility index (Phi) is 4.82. The average molecular weight is 362 g/mol. The maximum Gasteiger partial charge on any atom is 0.251 e. The molecule has 0 spiro atoms. The summed E-state index contributed by atoms with van der Waals surface area (Å²) in [7, 11) is -3.37. The van der Waals surface area contributed by atoms with Crippen molar-refractivity contribution in [2.75, 3.05) is 16.7 Å². The van der Waals surface area contributed by atoms with Crippen molar-refractivity contribution in [1.29, 1.82) is 0 Å². The molecule has 1 aliphatic heterocycles. The van der Waals surface area contributed by atoms with Gasteiger partial charge in [-0.15, -0.1) is 11.8 Å². The molecule has 1 heterocycles. The summed E-state index contributed by atoms with van der Waals surface area (Å²) in [6.07, 6.45) is 1.95. The van der Waals surface area contributed by atoms with E-state index < -0.39 is 10.0 Å². The van der Waals surface area contributed by atoms with E-state index in [-0.39, 0.29) is 11.9 Å². The molecule has 0 aromatic heterocycles. The summed E-state index contributed by atoms with van der Waals surface area (Å²) in [6.45, 7) is 0. The number of thioether (sulfide) groups is 1. The third kappa shape index (κ3) is 4.10. The number of carbonyl (C=O) groups is 1. The van der Waals surface area contributed by atoms with Gasteiger partial charge in [0.25, 0.3) is 5.91 Å². The van der Waals surface area contributed by atoms with Gasteiger partial charge in [0, 0.05) is 21.9 Å². The lowest BCUT2D eigenvalue weighted by molar-refractivity contribution is 0.0935. The monoisotopic (exact) mass is 362 g/mol. The Morgan fingerprint density at radius 3 is 2.75 bits per heavy atom. The summed E-state index contributed by atoms with van der Waals surface area (Å²) in [6, 6.07) is 14.5. The first-order valence-electron chi connectivity index (χ1n) is 7.53. The number of hydrogen-bond acceptors (Lipinski definition) is 4. The lowest BCUT2D eigenvalue weighted by atomic mass is 10.0. The number of fused-ring (bicyclic) bond motifs is 1. The van der Waals surface area contributed by atoms with E-state index in [4.69, 9.17) is 0 Å². The van der Waals surface area contributed by atoms with Gasteiger partial charge >= 0.3 is 0 Å². The molecule has 1 atom stereocenters. The molecule has 1 amide bonds. The zero-order valence-electron chi connectivity index (χ0n) is 13.2. The predicted octanol–water partition coefficient (Wildman–Crippen LogP) is 3.03. The molecule has 0 saturated carbocycles. The molecule has 7 heteroatoms. The van der Waals surface area contributed by atoms with Gasteiger partial charge in [-0.3, -0.25) is 9.52 Å². The van der Waals surface area contributed by atoms with Crippen LogP contribution in [0.1, 0.15) is 28.4 Å². The average Bonchev–Trinajstić information content (AvgIpc) is 2.54. The van der Waals surface area contributed by atoms with Crippen LogP contribution >= 0.6 is 11.8 Å². The van der Waals surface area contributed by atoms with Crippen molar-refractivity contribution in [3.8, 4) is 0 Å². The standard InChI is InChI=1S/C17H18N2O3S2/c1-24(21,22)19-13-6-4-5-12(11-13)17(20)18-15-9-10-23-16-8-3-2-7-14(15)16/h2-8,11,15,19H,9-10H2,1H3,(H,18,20). The van der Waals surface area contributed by atoms with Crippen LogP contribution in [-0.2, 0) is 10.0 Å². The Balaban J connectivity index is 1.78. The molecule has 2 aromatic carbocycles. The molecule has 1 aliphatic rings. The Bertz CT molecular complexity index is 866. The molecule has 3 rings (SSSR count). The van der Waals surface area contributed by atoms with Crippen LogP contribution in [0.25, 0.3) is 0 Å². The molecule has 5 nitrogen and oxygen atoms in total. The number of hydrogen-bond donors (Lipinski definition) is 2. The summed E-state index contributed by atoms with van der Waals surface area (Å²) in [5, 5.41) is 3.05. The summed E-state index contributed by atoms with van der Waals surface area (Å²) >= 11 is 1.80. The van der Waals surface area contributed by atoms with Gasteiger partial charge in [0.05, 0.1) is 12.3 Å². The SMILES string of the molecule is CS(=O)(=O)Nc1cccc(C(=O)NC2CCSc3ccccc32)c1. The second kappa shape index (κ2) is 6.86. The number of amides is 1. The van der Waals surface area contributed by atoms with E-state index in [0.29, 0.717) is 11.3 Å². The first kappa shape index (κ1) is 16.9. The van der Waals surface area contributed by atoms with Gasteiger partial charge in [-0.1, -0.05) is 24.3 Å². The van der Waals surface area contributed by atoms with Crippen molar-refractivity contribution in [3.63, 3.8) is 0 Å². The lowest BCUT2D eigenvalue weighted by Gasteiger charge is -2.26. The van der Waals surface area contributed by atoms with Crippen molar-refractivity contribution in [2.24, 2.45) is 0 Å². The lowest BCUT2D eigenvalue weighted by Crippen LogP contribution is -2.30. The molecule has 1 unspecified atom stereocenters. The van der Waals surface area contributed by atoms with Crippen molar-refractivity contribution in [3.05, 3.63) is 59.7 Å². The van der Waals surface area contributed by atoms with Crippen LogP contribution in [-0.4, -0.2) is 26.3 Å². The van der Waals surface area contributed by atoms with Gasteiger partial charge in [0.1, 0.15) is 0 Å². The molecule has 0 aliphatic carbocycles. The highest BCUT2D eigenvalue weighted by atomic mass is 32.2. The minimum absolute atomic E-state index is 0.0264. The fourth-order valence-corrected chi connectivity index (χ4v) is 4.35. The second-order valence-electron chi connectivity index (χ2n) is 5.66. The molecule has 2 aromatic rings. The summed E-state index contributed by atoms with van der Waals surface area (Å²) in [5.41, 5.74) is 1.94. The normalized spacial score (nSPS) is 17.0. The van der Waals surface area contributed by atoms with Crippen molar-refractivity contribution in [1.82, 2.24) is 5.32 Å². The fraction of sp³-hybridized carbons (Fsp3) is 0.235. The fourth-order valence-electron chi connectivity index (χ4n) is 2.67. The van der Waals surface area contributed by atoms with Crippen LogP contribution < -0.4 is 10.0 Å². The molecular weight excluding hydrogens is 344 g/mol. The quantitative estimate of drug-likeness (QED) is 0.877. The summed E-state index contributed by atoms with van der Waals surface area (Å²) < 4.78 is 25.0. The van der Waals surface area contributed by atoms with E-state index >= 15 is 0 Å². The van der Waals surface area contributed by atoms with E-state index in [0.717, 1.165) is 24.0 Å². The van der Waals surface area contributed by atoms with E-state index in [1.54, 1.807) is 36.0 Å². The van der Waals surface area contributed by atoms with Crippen LogP contribution in [0.15, 0.2) is 53.4 Å². The Morgan fingerprint density at radius 1 is 1.17 bits per heavy atom. The molecule has 2 N–H and O–H groups in total. The Morgan fingerprint density at radius 2 is 1.96 bits per heavy atom. The second-order valence-corrected chi connectivity index (χ2v) is 8.54.